The molecular formula is C23H29N3OS. The molecule has 5 heteroatoms. The van der Waals surface area contributed by atoms with E-state index in [1.807, 2.05) is 19.0 Å². The summed E-state index contributed by atoms with van der Waals surface area (Å²) < 4.78 is 1.13. The molecule has 0 saturated heterocycles. The van der Waals surface area contributed by atoms with Crippen LogP contribution in [0.3, 0.4) is 0 Å². The molecule has 3 rings (SSSR count). The minimum atomic E-state index is 0.0984. The molecule has 2 aromatic carbocycles. The molecule has 0 fully saturated rings. The van der Waals surface area contributed by atoms with Gasteiger partial charge in [0.1, 0.15) is 0 Å². The van der Waals surface area contributed by atoms with E-state index in [1.165, 1.54) is 16.7 Å². The molecule has 0 aliphatic rings. The van der Waals surface area contributed by atoms with Crippen molar-refractivity contribution in [3.05, 3.63) is 58.1 Å². The SMILES string of the molecule is Cc1ccc(CC(=O)N(CCN(C)C)c2nc3cc(C)c(C)cc3s2)c(C)c1. The summed E-state index contributed by atoms with van der Waals surface area (Å²) in [6.45, 7) is 9.80. The molecular weight excluding hydrogens is 366 g/mol. The number of carbonyl (C=O) groups excluding carboxylic acids is 1. The van der Waals surface area contributed by atoms with Gasteiger partial charge in [-0.05, 0) is 76.2 Å². The number of likely N-dealkylation sites (N-methyl/N-ethyl adjacent to an activating group) is 1. The van der Waals surface area contributed by atoms with Crippen LogP contribution in [0.2, 0.25) is 0 Å². The van der Waals surface area contributed by atoms with E-state index in [2.05, 4.69) is 62.9 Å². The molecule has 0 aliphatic carbocycles. The van der Waals surface area contributed by atoms with Crippen LogP contribution in [0.25, 0.3) is 10.2 Å². The van der Waals surface area contributed by atoms with Gasteiger partial charge in [0.2, 0.25) is 5.91 Å². The lowest BCUT2D eigenvalue weighted by molar-refractivity contribution is -0.118. The Labute approximate surface area is 171 Å². The Balaban J connectivity index is 1.92. The van der Waals surface area contributed by atoms with Crippen LogP contribution in [0.4, 0.5) is 5.13 Å². The molecule has 148 valence electrons. The molecule has 4 nitrogen and oxygen atoms in total. The summed E-state index contributed by atoms with van der Waals surface area (Å²) in [5.74, 6) is 0.0984. The second kappa shape index (κ2) is 8.41. The topological polar surface area (TPSA) is 36.4 Å². The molecule has 28 heavy (non-hydrogen) atoms. The molecule has 0 spiro atoms. The van der Waals surface area contributed by atoms with Gasteiger partial charge in [-0.1, -0.05) is 35.1 Å². The molecule has 0 bridgehead atoms. The predicted molar refractivity (Wildman–Crippen MR) is 120 cm³/mol. The van der Waals surface area contributed by atoms with Crippen LogP contribution in [-0.2, 0) is 11.2 Å². The van der Waals surface area contributed by atoms with E-state index < -0.39 is 0 Å². The number of amides is 1. The first-order chi connectivity index (χ1) is 13.2. The van der Waals surface area contributed by atoms with Crippen LogP contribution < -0.4 is 4.90 Å². The minimum Gasteiger partial charge on any atom is -0.308 e. The van der Waals surface area contributed by atoms with E-state index >= 15 is 0 Å². The highest BCUT2D eigenvalue weighted by molar-refractivity contribution is 7.22. The lowest BCUT2D eigenvalue weighted by Gasteiger charge is -2.22. The van der Waals surface area contributed by atoms with Crippen LogP contribution >= 0.6 is 11.3 Å². The van der Waals surface area contributed by atoms with Crippen LogP contribution in [0.1, 0.15) is 27.8 Å². The van der Waals surface area contributed by atoms with Gasteiger partial charge >= 0.3 is 0 Å². The Morgan fingerprint density at radius 3 is 2.36 bits per heavy atom. The lowest BCUT2D eigenvalue weighted by atomic mass is 10.0. The van der Waals surface area contributed by atoms with Gasteiger partial charge in [-0.15, -0.1) is 0 Å². The minimum absolute atomic E-state index is 0.0984. The third-order valence-electron chi connectivity index (χ3n) is 5.14. The fraction of sp³-hybridized carbons (Fsp3) is 0.391. The molecule has 0 atom stereocenters. The number of rotatable bonds is 6. The van der Waals surface area contributed by atoms with Gasteiger partial charge in [-0.2, -0.15) is 0 Å². The zero-order valence-electron chi connectivity index (χ0n) is 17.7. The van der Waals surface area contributed by atoms with Crippen LogP contribution in [-0.4, -0.2) is 43.0 Å². The van der Waals surface area contributed by atoms with Gasteiger partial charge in [-0.25, -0.2) is 4.98 Å². The standard InChI is InChI=1S/C23H29N3OS/c1-15-7-8-19(18(4)11-15)14-22(27)26(10-9-25(5)6)23-24-20-12-16(2)17(3)13-21(20)28-23/h7-8,11-13H,9-10,14H2,1-6H3. The van der Waals surface area contributed by atoms with Gasteiger partial charge in [0.25, 0.3) is 0 Å². The zero-order chi connectivity index (χ0) is 20.4. The van der Waals surface area contributed by atoms with E-state index in [4.69, 9.17) is 4.98 Å². The number of carbonyl (C=O) groups is 1. The van der Waals surface area contributed by atoms with E-state index in [-0.39, 0.29) is 5.91 Å². The summed E-state index contributed by atoms with van der Waals surface area (Å²) in [5.41, 5.74) is 6.91. The molecule has 1 amide bonds. The van der Waals surface area contributed by atoms with Crippen LogP contribution in [0.15, 0.2) is 30.3 Å². The third-order valence-corrected chi connectivity index (χ3v) is 6.18. The Hall–Kier alpha value is -2.24. The summed E-state index contributed by atoms with van der Waals surface area (Å²) in [6.07, 6.45) is 0.396. The highest BCUT2D eigenvalue weighted by atomic mass is 32.1. The first-order valence-electron chi connectivity index (χ1n) is 9.63. The maximum Gasteiger partial charge on any atom is 0.233 e. The Bertz CT molecular complexity index is 967. The number of anilines is 1. The lowest BCUT2D eigenvalue weighted by Crippen LogP contribution is -2.37. The zero-order valence-corrected chi connectivity index (χ0v) is 18.5. The van der Waals surface area contributed by atoms with Gasteiger partial charge < -0.3 is 4.90 Å². The van der Waals surface area contributed by atoms with Gasteiger partial charge in [0, 0.05) is 13.1 Å². The molecule has 1 aromatic heterocycles. The summed E-state index contributed by atoms with van der Waals surface area (Å²) in [5, 5.41) is 0.789. The Kier molecular flexibility index (Phi) is 6.16. The van der Waals surface area contributed by atoms with E-state index in [9.17, 15) is 4.79 Å². The number of aromatic nitrogens is 1. The van der Waals surface area contributed by atoms with E-state index in [1.54, 1.807) is 11.3 Å². The third kappa shape index (κ3) is 4.59. The second-order valence-electron chi connectivity index (χ2n) is 7.86. The average molecular weight is 396 g/mol. The maximum atomic E-state index is 13.2. The molecule has 0 N–H and O–H groups in total. The number of nitrogens with zero attached hydrogens (tertiary/aromatic N) is 3. The van der Waals surface area contributed by atoms with Gasteiger partial charge in [-0.3, -0.25) is 9.69 Å². The number of fused-ring (bicyclic) bond motifs is 1. The fourth-order valence-corrected chi connectivity index (χ4v) is 4.30. The maximum absolute atomic E-state index is 13.2. The van der Waals surface area contributed by atoms with E-state index in [0.29, 0.717) is 13.0 Å². The quantitative estimate of drug-likeness (QED) is 0.609. The Morgan fingerprint density at radius 1 is 0.964 bits per heavy atom. The fourth-order valence-electron chi connectivity index (χ4n) is 3.21. The monoisotopic (exact) mass is 395 g/mol. The number of aryl methyl sites for hydroxylation is 4. The van der Waals surface area contributed by atoms with Crippen molar-refractivity contribution in [1.29, 1.82) is 0 Å². The molecule has 1 heterocycles. The summed E-state index contributed by atoms with van der Waals surface area (Å²) in [4.78, 5) is 22.0. The van der Waals surface area contributed by atoms with Crippen molar-refractivity contribution in [2.75, 3.05) is 32.1 Å². The van der Waals surface area contributed by atoms with Gasteiger partial charge in [0.15, 0.2) is 5.13 Å². The van der Waals surface area contributed by atoms with Crippen molar-refractivity contribution in [1.82, 2.24) is 9.88 Å². The van der Waals surface area contributed by atoms with Gasteiger partial charge in [0.05, 0.1) is 16.6 Å². The van der Waals surface area contributed by atoms with Crippen molar-refractivity contribution < 1.29 is 4.79 Å². The largest absolute Gasteiger partial charge is 0.308 e. The Morgan fingerprint density at radius 2 is 1.68 bits per heavy atom. The van der Waals surface area contributed by atoms with Crippen LogP contribution in [0.5, 0.6) is 0 Å². The van der Waals surface area contributed by atoms with Crippen molar-refractivity contribution >= 4 is 32.6 Å². The molecule has 0 aliphatic heterocycles. The highest BCUT2D eigenvalue weighted by Crippen LogP contribution is 2.31. The highest BCUT2D eigenvalue weighted by Gasteiger charge is 2.21. The second-order valence-corrected chi connectivity index (χ2v) is 8.87. The summed E-state index contributed by atoms with van der Waals surface area (Å²) in [6, 6.07) is 10.6. The normalized spacial score (nSPS) is 11.4. The molecule has 0 radical (unpaired) electrons. The molecule has 0 saturated carbocycles. The average Bonchev–Trinajstić information content (AvgIpc) is 3.00. The molecule has 3 aromatic rings. The number of benzene rings is 2. The molecule has 0 unspecified atom stereocenters. The number of thiazole rings is 1. The first kappa shape index (κ1) is 20.5. The van der Waals surface area contributed by atoms with E-state index in [0.717, 1.165) is 33.0 Å². The van der Waals surface area contributed by atoms with Crippen molar-refractivity contribution in [3.63, 3.8) is 0 Å². The first-order valence-corrected chi connectivity index (χ1v) is 10.5. The summed E-state index contributed by atoms with van der Waals surface area (Å²) >= 11 is 1.60. The summed E-state index contributed by atoms with van der Waals surface area (Å²) in [7, 11) is 4.05. The predicted octanol–water partition coefficient (Wildman–Crippen LogP) is 4.67. The van der Waals surface area contributed by atoms with Crippen LogP contribution in [0, 0.1) is 27.7 Å². The van der Waals surface area contributed by atoms with Crippen molar-refractivity contribution in [2.24, 2.45) is 0 Å². The number of hydrogen-bond acceptors (Lipinski definition) is 4. The number of hydrogen-bond donors (Lipinski definition) is 0. The smallest absolute Gasteiger partial charge is 0.233 e. The van der Waals surface area contributed by atoms with Crippen molar-refractivity contribution in [3.8, 4) is 0 Å². The van der Waals surface area contributed by atoms with Crippen molar-refractivity contribution in [2.45, 2.75) is 34.1 Å².